The van der Waals surface area contributed by atoms with Crippen LogP contribution in [0.15, 0.2) is 18.3 Å². The van der Waals surface area contributed by atoms with Crippen LogP contribution in [-0.4, -0.2) is 15.6 Å². The monoisotopic (exact) mass is 301 g/mol. The van der Waals surface area contributed by atoms with Gasteiger partial charge < -0.3 is 9.67 Å². The highest BCUT2D eigenvalue weighted by Crippen LogP contribution is 2.34. The van der Waals surface area contributed by atoms with E-state index in [9.17, 15) is 9.90 Å². The Morgan fingerprint density at radius 3 is 2.36 bits per heavy atom. The zero-order chi connectivity index (χ0) is 16.5. The fourth-order valence-electron chi connectivity index (χ4n) is 3.09. The van der Waals surface area contributed by atoms with Crippen LogP contribution in [0.1, 0.15) is 68.9 Å². The summed E-state index contributed by atoms with van der Waals surface area (Å²) in [6, 6.07) is 3.70. The minimum absolute atomic E-state index is 0.0863. The molecule has 0 aliphatic carbocycles. The number of fused-ring (bicyclic) bond motifs is 1. The van der Waals surface area contributed by atoms with E-state index in [1.165, 1.54) is 11.1 Å². The second-order valence-corrected chi connectivity index (χ2v) is 7.07. The molecular formula is C19H27NO2. The summed E-state index contributed by atoms with van der Waals surface area (Å²) >= 11 is 0. The van der Waals surface area contributed by atoms with Crippen LogP contribution in [0.4, 0.5) is 0 Å². The zero-order valence-corrected chi connectivity index (χ0v) is 14.4. The Balaban J connectivity index is 2.85. The molecule has 0 unspecified atom stereocenters. The van der Waals surface area contributed by atoms with E-state index in [0.29, 0.717) is 5.56 Å². The molecular weight excluding hydrogens is 274 g/mol. The summed E-state index contributed by atoms with van der Waals surface area (Å²) in [6.07, 6.45) is 5.34. The van der Waals surface area contributed by atoms with Gasteiger partial charge in [-0.1, -0.05) is 41.0 Å². The number of carboxylic acids is 1. The predicted molar refractivity (Wildman–Crippen MR) is 91.9 cm³/mol. The minimum atomic E-state index is -0.849. The molecule has 0 fully saturated rings. The van der Waals surface area contributed by atoms with Crippen LogP contribution in [0.25, 0.3) is 10.9 Å². The summed E-state index contributed by atoms with van der Waals surface area (Å²) in [4.78, 5) is 11.5. The van der Waals surface area contributed by atoms with E-state index in [0.717, 1.165) is 36.8 Å². The molecule has 0 aliphatic heterocycles. The Kier molecular flexibility index (Phi) is 4.64. The van der Waals surface area contributed by atoms with Crippen LogP contribution in [0.3, 0.4) is 0 Å². The summed E-state index contributed by atoms with van der Waals surface area (Å²) in [7, 11) is 0. The molecule has 1 N–H and O–H groups in total. The van der Waals surface area contributed by atoms with E-state index in [2.05, 4.69) is 45.4 Å². The lowest BCUT2D eigenvalue weighted by atomic mass is 9.84. The molecule has 0 radical (unpaired) electrons. The van der Waals surface area contributed by atoms with E-state index >= 15 is 0 Å². The lowest BCUT2D eigenvalue weighted by Gasteiger charge is -2.22. The molecule has 0 saturated heterocycles. The van der Waals surface area contributed by atoms with E-state index in [-0.39, 0.29) is 5.41 Å². The molecule has 22 heavy (non-hydrogen) atoms. The molecule has 0 amide bonds. The number of aromatic nitrogens is 1. The number of rotatable bonds is 5. The van der Waals surface area contributed by atoms with Crippen LogP contribution in [-0.2, 0) is 18.4 Å². The van der Waals surface area contributed by atoms with Crippen molar-refractivity contribution in [2.24, 2.45) is 0 Å². The predicted octanol–water partition coefficient (Wildman–Crippen LogP) is 5.00. The smallest absolute Gasteiger partial charge is 0.335 e. The van der Waals surface area contributed by atoms with Crippen molar-refractivity contribution in [3.05, 3.63) is 35.0 Å². The number of benzene rings is 1. The van der Waals surface area contributed by atoms with Gasteiger partial charge in [-0.3, -0.25) is 0 Å². The molecule has 1 aromatic carbocycles. The third kappa shape index (κ3) is 3.03. The number of hydrogen-bond acceptors (Lipinski definition) is 1. The molecule has 0 bridgehead atoms. The van der Waals surface area contributed by atoms with Crippen molar-refractivity contribution in [3.8, 4) is 0 Å². The van der Waals surface area contributed by atoms with Crippen LogP contribution in [0, 0.1) is 0 Å². The molecule has 0 atom stereocenters. The maximum absolute atomic E-state index is 11.5. The first kappa shape index (κ1) is 16.6. The van der Waals surface area contributed by atoms with E-state index in [1.807, 2.05) is 12.1 Å². The van der Waals surface area contributed by atoms with Gasteiger partial charge in [0.05, 0.1) is 11.1 Å². The van der Waals surface area contributed by atoms with Gasteiger partial charge in [-0.15, -0.1) is 0 Å². The van der Waals surface area contributed by atoms with E-state index in [1.54, 1.807) is 0 Å². The highest BCUT2D eigenvalue weighted by atomic mass is 16.4. The van der Waals surface area contributed by atoms with Crippen LogP contribution in [0.5, 0.6) is 0 Å². The van der Waals surface area contributed by atoms with Crippen molar-refractivity contribution < 1.29 is 9.90 Å². The average molecular weight is 301 g/mol. The quantitative estimate of drug-likeness (QED) is 0.844. The standard InChI is InChI=1S/C19H27NO2/c1-6-8-13-12-20(9-7-2)17-15(13)10-14(18(21)22)11-16(17)19(3,4)5/h10-12H,6-9H2,1-5H3,(H,21,22). The second kappa shape index (κ2) is 6.15. The zero-order valence-electron chi connectivity index (χ0n) is 14.4. The van der Waals surface area contributed by atoms with Crippen molar-refractivity contribution in [1.82, 2.24) is 4.57 Å². The van der Waals surface area contributed by atoms with E-state index < -0.39 is 5.97 Å². The third-order valence-electron chi connectivity index (χ3n) is 4.09. The van der Waals surface area contributed by atoms with Gasteiger partial charge in [0.2, 0.25) is 0 Å². The summed E-state index contributed by atoms with van der Waals surface area (Å²) in [5, 5.41) is 10.6. The fraction of sp³-hybridized carbons (Fsp3) is 0.526. The van der Waals surface area contributed by atoms with Crippen molar-refractivity contribution >= 4 is 16.9 Å². The molecule has 1 heterocycles. The molecule has 0 saturated carbocycles. The Labute approximate surface area is 133 Å². The van der Waals surface area contributed by atoms with Crippen molar-refractivity contribution in [2.75, 3.05) is 0 Å². The van der Waals surface area contributed by atoms with Gasteiger partial charge in [0.25, 0.3) is 0 Å². The second-order valence-electron chi connectivity index (χ2n) is 7.07. The number of carboxylic acid groups (broad SMARTS) is 1. The summed E-state index contributed by atoms with van der Waals surface area (Å²) in [5.41, 5.74) is 3.90. The van der Waals surface area contributed by atoms with Gasteiger partial charge in [-0.25, -0.2) is 4.79 Å². The van der Waals surface area contributed by atoms with Crippen LogP contribution < -0.4 is 0 Å². The van der Waals surface area contributed by atoms with Crippen molar-refractivity contribution in [1.29, 1.82) is 0 Å². The Hall–Kier alpha value is -1.77. The van der Waals surface area contributed by atoms with Gasteiger partial charge in [0.15, 0.2) is 0 Å². The van der Waals surface area contributed by atoms with Gasteiger partial charge in [0.1, 0.15) is 0 Å². The Bertz CT molecular complexity index is 690. The lowest BCUT2D eigenvalue weighted by Crippen LogP contribution is -2.15. The highest BCUT2D eigenvalue weighted by Gasteiger charge is 2.23. The van der Waals surface area contributed by atoms with Gasteiger partial charge >= 0.3 is 5.97 Å². The molecule has 3 nitrogen and oxygen atoms in total. The summed E-state index contributed by atoms with van der Waals surface area (Å²) < 4.78 is 2.31. The first-order chi connectivity index (χ1) is 10.3. The molecule has 0 aliphatic rings. The van der Waals surface area contributed by atoms with Crippen LogP contribution in [0.2, 0.25) is 0 Å². The minimum Gasteiger partial charge on any atom is -0.478 e. The summed E-state index contributed by atoms with van der Waals surface area (Å²) in [5.74, 6) is -0.849. The SMILES string of the molecule is CCCc1cn(CCC)c2c(C(C)(C)C)cc(C(=O)O)cc12. The normalized spacial score (nSPS) is 12.0. The molecule has 2 aromatic rings. The van der Waals surface area contributed by atoms with Gasteiger partial charge in [-0.2, -0.15) is 0 Å². The molecule has 120 valence electrons. The molecule has 1 aromatic heterocycles. The highest BCUT2D eigenvalue weighted by molar-refractivity contribution is 5.97. The number of carbonyl (C=O) groups is 1. The number of nitrogens with zero attached hydrogens (tertiary/aromatic N) is 1. The van der Waals surface area contributed by atoms with E-state index in [4.69, 9.17) is 0 Å². The average Bonchev–Trinajstić information content (AvgIpc) is 2.76. The summed E-state index contributed by atoms with van der Waals surface area (Å²) in [6.45, 7) is 11.8. The number of aryl methyl sites for hydroxylation is 2. The van der Waals surface area contributed by atoms with Gasteiger partial charge in [0, 0.05) is 18.1 Å². The lowest BCUT2D eigenvalue weighted by molar-refractivity contribution is 0.0697. The first-order valence-electron chi connectivity index (χ1n) is 8.19. The van der Waals surface area contributed by atoms with Crippen LogP contribution >= 0.6 is 0 Å². The van der Waals surface area contributed by atoms with Crippen molar-refractivity contribution in [2.45, 2.75) is 65.8 Å². The third-order valence-corrected chi connectivity index (χ3v) is 4.09. The fourth-order valence-corrected chi connectivity index (χ4v) is 3.09. The number of hydrogen-bond donors (Lipinski definition) is 1. The first-order valence-corrected chi connectivity index (χ1v) is 8.19. The maximum atomic E-state index is 11.5. The Morgan fingerprint density at radius 1 is 1.18 bits per heavy atom. The maximum Gasteiger partial charge on any atom is 0.335 e. The largest absolute Gasteiger partial charge is 0.478 e. The Morgan fingerprint density at radius 2 is 1.86 bits per heavy atom. The molecule has 3 heteroatoms. The van der Waals surface area contributed by atoms with Gasteiger partial charge in [-0.05, 0) is 41.5 Å². The molecule has 0 spiro atoms. The number of aromatic carboxylic acids is 1. The topological polar surface area (TPSA) is 42.2 Å². The molecule has 2 rings (SSSR count). The van der Waals surface area contributed by atoms with Crippen molar-refractivity contribution in [3.63, 3.8) is 0 Å².